The lowest BCUT2D eigenvalue weighted by Crippen LogP contribution is -2.55. The van der Waals surface area contributed by atoms with E-state index in [0.29, 0.717) is 50.0 Å². The van der Waals surface area contributed by atoms with Crippen LogP contribution in [0.3, 0.4) is 0 Å². The highest BCUT2D eigenvalue weighted by molar-refractivity contribution is 6.01. The average Bonchev–Trinajstić information content (AvgIpc) is 3.80. The molecule has 0 spiro atoms. The number of likely N-dealkylation sites (tertiary alicyclic amines) is 2. The van der Waals surface area contributed by atoms with Gasteiger partial charge in [0.15, 0.2) is 5.58 Å². The minimum atomic E-state index is -1.12. The predicted octanol–water partition coefficient (Wildman–Crippen LogP) is 3.25. The number of aromatic nitrogens is 1. The number of hydrogen-bond donors (Lipinski definition) is 4. The lowest BCUT2D eigenvalue weighted by molar-refractivity contribution is -0.140. The normalized spacial score (nSPS) is 18.4. The van der Waals surface area contributed by atoms with Crippen LogP contribution in [0.5, 0.6) is 0 Å². The molecule has 0 bridgehead atoms. The number of unbranched alkanes of at least 4 members (excludes halogenated alkanes) is 1. The molecular formula is C37H49N7O8. The second-order valence-corrected chi connectivity index (χ2v) is 13.2. The van der Waals surface area contributed by atoms with E-state index in [1.54, 1.807) is 41.3 Å². The molecule has 2 aromatic carbocycles. The summed E-state index contributed by atoms with van der Waals surface area (Å²) in [4.78, 5) is 75.4. The summed E-state index contributed by atoms with van der Waals surface area (Å²) in [5.41, 5.74) is 13.2. The zero-order chi connectivity index (χ0) is 36.9. The zero-order valence-corrected chi connectivity index (χ0v) is 29.4. The second kappa shape index (κ2) is 19.0. The Bertz CT molecular complexity index is 1630. The number of oxazole rings is 1. The van der Waals surface area contributed by atoms with Gasteiger partial charge in [0.05, 0.1) is 12.6 Å². The number of rotatable bonds is 16. The van der Waals surface area contributed by atoms with E-state index in [-0.39, 0.29) is 44.8 Å². The number of ketones is 1. The van der Waals surface area contributed by atoms with E-state index in [2.05, 4.69) is 15.6 Å². The van der Waals surface area contributed by atoms with E-state index in [0.717, 1.165) is 24.8 Å². The first kappa shape index (κ1) is 38.2. The topological polar surface area (TPSA) is 212 Å². The van der Waals surface area contributed by atoms with Crippen molar-refractivity contribution in [2.24, 2.45) is 11.5 Å². The fourth-order valence-corrected chi connectivity index (χ4v) is 6.51. The van der Waals surface area contributed by atoms with Crippen LogP contribution in [0.2, 0.25) is 0 Å². The summed E-state index contributed by atoms with van der Waals surface area (Å²) in [6.07, 6.45) is 2.60. The zero-order valence-electron chi connectivity index (χ0n) is 29.4. The van der Waals surface area contributed by atoms with E-state index in [4.69, 9.17) is 25.4 Å². The first-order valence-corrected chi connectivity index (χ1v) is 18.1. The van der Waals surface area contributed by atoms with Gasteiger partial charge in [-0.2, -0.15) is 0 Å². The number of carbonyl (C=O) groups is 5. The van der Waals surface area contributed by atoms with Crippen LogP contribution in [0.15, 0.2) is 59.0 Å². The Morgan fingerprint density at radius 1 is 0.865 bits per heavy atom. The van der Waals surface area contributed by atoms with Crippen molar-refractivity contribution in [2.75, 3.05) is 32.7 Å². The van der Waals surface area contributed by atoms with Gasteiger partial charge in [-0.05, 0) is 82.2 Å². The van der Waals surface area contributed by atoms with Crippen LogP contribution < -0.4 is 22.1 Å². The lowest BCUT2D eigenvalue weighted by atomic mass is 10.0. The number of nitrogens with one attached hydrogen (secondary N) is 2. The van der Waals surface area contributed by atoms with Gasteiger partial charge in [0.25, 0.3) is 5.89 Å². The average molecular weight is 720 g/mol. The molecule has 4 atom stereocenters. The molecule has 2 aliphatic rings. The monoisotopic (exact) mass is 719 g/mol. The summed E-state index contributed by atoms with van der Waals surface area (Å²) in [5.74, 6) is -1.84. The molecule has 3 heterocycles. The maximum absolute atomic E-state index is 14.2. The molecule has 3 aromatic rings. The smallest absolute Gasteiger partial charge is 0.410 e. The highest BCUT2D eigenvalue weighted by Gasteiger charge is 2.45. The van der Waals surface area contributed by atoms with Crippen molar-refractivity contribution >= 4 is 40.9 Å². The molecule has 0 saturated carbocycles. The van der Waals surface area contributed by atoms with E-state index in [1.165, 1.54) is 4.90 Å². The molecule has 15 nitrogen and oxygen atoms in total. The Kier molecular flexibility index (Phi) is 14.0. The van der Waals surface area contributed by atoms with E-state index in [9.17, 15) is 24.0 Å². The van der Waals surface area contributed by atoms with Crippen LogP contribution >= 0.6 is 0 Å². The molecule has 2 saturated heterocycles. The van der Waals surface area contributed by atoms with Gasteiger partial charge in [-0.1, -0.05) is 42.5 Å². The molecule has 5 rings (SSSR count). The maximum atomic E-state index is 14.2. The molecule has 0 aliphatic carbocycles. The third-order valence-corrected chi connectivity index (χ3v) is 9.31. The predicted molar refractivity (Wildman–Crippen MR) is 191 cm³/mol. The Balaban J connectivity index is 1.35. The molecule has 1 unspecified atom stereocenters. The minimum Gasteiger partial charge on any atom is -0.445 e. The number of alkyl carbamates (subject to hydrolysis) is 1. The number of amides is 4. The van der Waals surface area contributed by atoms with Gasteiger partial charge >= 0.3 is 12.2 Å². The molecule has 0 radical (unpaired) electrons. The molecule has 6 N–H and O–H groups in total. The number of para-hydroxylation sites is 2. The van der Waals surface area contributed by atoms with Crippen molar-refractivity contribution in [3.63, 3.8) is 0 Å². The highest BCUT2D eigenvalue weighted by Crippen LogP contribution is 2.25. The molecule has 4 amide bonds. The number of hydrogen-bond acceptors (Lipinski definition) is 11. The fourth-order valence-electron chi connectivity index (χ4n) is 6.51. The van der Waals surface area contributed by atoms with Crippen molar-refractivity contribution in [3.8, 4) is 0 Å². The molecule has 2 fully saturated rings. The van der Waals surface area contributed by atoms with Crippen molar-refractivity contribution in [3.05, 3.63) is 66.1 Å². The summed E-state index contributed by atoms with van der Waals surface area (Å²) < 4.78 is 17.0. The summed E-state index contributed by atoms with van der Waals surface area (Å²) in [5, 5.41) is 5.49. The number of piperidine rings is 1. The van der Waals surface area contributed by atoms with Gasteiger partial charge in [-0.3, -0.25) is 14.4 Å². The van der Waals surface area contributed by atoms with E-state index in [1.807, 2.05) is 18.2 Å². The van der Waals surface area contributed by atoms with Crippen LogP contribution in [-0.4, -0.2) is 102 Å². The summed E-state index contributed by atoms with van der Waals surface area (Å²) in [6, 6.07) is 12.8. The quantitative estimate of drug-likeness (QED) is 0.125. The van der Waals surface area contributed by atoms with Crippen LogP contribution in [0, 0.1) is 0 Å². The summed E-state index contributed by atoms with van der Waals surface area (Å²) in [7, 11) is 0. The molecule has 2 aliphatic heterocycles. The van der Waals surface area contributed by atoms with Gasteiger partial charge in [-0.15, -0.1) is 0 Å². The second-order valence-electron chi connectivity index (χ2n) is 13.2. The van der Waals surface area contributed by atoms with Gasteiger partial charge in [0, 0.05) is 19.5 Å². The Morgan fingerprint density at radius 2 is 1.58 bits per heavy atom. The number of fused-ring (bicyclic) bond motifs is 1. The molecule has 15 heteroatoms. The first-order valence-electron chi connectivity index (χ1n) is 18.1. The van der Waals surface area contributed by atoms with Gasteiger partial charge < -0.3 is 45.8 Å². The maximum Gasteiger partial charge on any atom is 0.410 e. The standard InChI is InChI=1S/C37H49N7O8/c38-18-8-7-15-28(32(45)34-41-27-14-5-6-17-31(27)52-34)40-33(46)30-22-26(51-37(49)43-20-9-2-10-21-43)23-44(30)35(47)29(16-11-19-39)42-36(48)50-24-25-12-3-1-4-13-25/h1,3-6,12-14,17,26,28-30H,2,7-11,15-16,18-24,38-39H2,(H,40,46)(H,42,48)/t26-,28+,29?,30+/m1/s1. The summed E-state index contributed by atoms with van der Waals surface area (Å²) >= 11 is 0. The third-order valence-electron chi connectivity index (χ3n) is 9.31. The molecule has 280 valence electrons. The third kappa shape index (κ3) is 10.3. The number of benzene rings is 2. The first-order chi connectivity index (χ1) is 25.3. The Labute approximate surface area is 302 Å². The van der Waals surface area contributed by atoms with Crippen LogP contribution in [0.4, 0.5) is 9.59 Å². The number of nitrogens with two attached hydrogens (primary N) is 2. The van der Waals surface area contributed by atoms with Gasteiger partial charge in [0.2, 0.25) is 17.6 Å². The number of nitrogens with zero attached hydrogens (tertiary/aromatic N) is 3. The number of Topliss-reactive ketones (excluding diaryl/α,β-unsaturated/α-hetero) is 1. The fraction of sp³-hybridized carbons (Fsp3) is 0.514. The highest BCUT2D eigenvalue weighted by atomic mass is 16.6. The summed E-state index contributed by atoms with van der Waals surface area (Å²) in [6.45, 7) is 1.69. The van der Waals surface area contributed by atoms with Crippen molar-refractivity contribution in [1.82, 2.24) is 25.4 Å². The van der Waals surface area contributed by atoms with Gasteiger partial charge in [0.1, 0.15) is 30.3 Å². The van der Waals surface area contributed by atoms with E-state index >= 15 is 0 Å². The van der Waals surface area contributed by atoms with E-state index < -0.39 is 54.0 Å². The van der Waals surface area contributed by atoms with Crippen LogP contribution in [0.1, 0.15) is 74.0 Å². The van der Waals surface area contributed by atoms with Crippen molar-refractivity contribution < 1.29 is 37.9 Å². The molecule has 1 aromatic heterocycles. The Morgan fingerprint density at radius 3 is 2.31 bits per heavy atom. The molecule has 52 heavy (non-hydrogen) atoms. The SMILES string of the molecule is NCCCC[C@H](NC(=O)[C@@H]1C[C@@H](OC(=O)N2CCCCC2)CN1C(=O)C(CCCN)NC(=O)OCc1ccccc1)C(=O)c1nc2ccccc2o1. The van der Waals surface area contributed by atoms with Gasteiger partial charge in [-0.25, -0.2) is 14.6 Å². The van der Waals surface area contributed by atoms with Crippen LogP contribution in [0.25, 0.3) is 11.1 Å². The number of carbonyl (C=O) groups excluding carboxylic acids is 5. The molecular weight excluding hydrogens is 670 g/mol. The van der Waals surface area contributed by atoms with Crippen molar-refractivity contribution in [1.29, 1.82) is 0 Å². The Hall–Kier alpha value is -5.02. The van der Waals surface area contributed by atoms with Crippen LogP contribution in [-0.2, 0) is 25.7 Å². The minimum absolute atomic E-state index is 0.00654. The largest absolute Gasteiger partial charge is 0.445 e. The number of ether oxygens (including phenoxy) is 2. The van der Waals surface area contributed by atoms with Crippen molar-refractivity contribution in [2.45, 2.75) is 88.6 Å². The lowest BCUT2D eigenvalue weighted by Gasteiger charge is -2.29.